The van der Waals surface area contributed by atoms with Crippen molar-refractivity contribution in [1.29, 1.82) is 0 Å². The molecule has 1 atom stereocenters. The van der Waals surface area contributed by atoms with Crippen LogP contribution in [-0.4, -0.2) is 11.7 Å². The topological polar surface area (TPSA) is 33.6 Å². The second kappa shape index (κ2) is 6.22. The number of aryl methyl sites for hydroxylation is 1. The van der Waals surface area contributed by atoms with E-state index in [-0.39, 0.29) is 5.37 Å². The van der Waals surface area contributed by atoms with Crippen LogP contribution in [-0.2, 0) is 0 Å². The van der Waals surface area contributed by atoms with E-state index in [4.69, 9.17) is 4.74 Å². The first kappa shape index (κ1) is 14.0. The Balaban J connectivity index is 1.69. The summed E-state index contributed by atoms with van der Waals surface area (Å²) in [7, 11) is 0. The third kappa shape index (κ3) is 3.22. The van der Waals surface area contributed by atoms with Crippen LogP contribution in [0.15, 0.2) is 53.6 Å². The minimum Gasteiger partial charge on any atom is -0.494 e. The first-order chi connectivity index (χ1) is 10.3. The Kier molecular flexibility index (Phi) is 4.15. The lowest BCUT2D eigenvalue weighted by atomic mass is 10.2. The van der Waals surface area contributed by atoms with E-state index in [1.165, 1.54) is 11.1 Å². The number of nitrogens with one attached hydrogen (secondary N) is 1. The Morgan fingerprint density at radius 1 is 1.10 bits per heavy atom. The molecule has 0 aromatic heterocycles. The van der Waals surface area contributed by atoms with E-state index < -0.39 is 0 Å². The SMILES string of the molecule is CCOc1ccc([C@@H]2NN=C(c3ccc(C)cc3)S2)cc1. The molecule has 108 valence electrons. The normalized spacial score (nSPS) is 17.2. The summed E-state index contributed by atoms with van der Waals surface area (Å²) in [6.45, 7) is 4.77. The van der Waals surface area contributed by atoms with Gasteiger partial charge in [0.1, 0.15) is 16.2 Å². The maximum atomic E-state index is 5.47. The molecule has 4 heteroatoms. The van der Waals surface area contributed by atoms with Crippen LogP contribution >= 0.6 is 11.8 Å². The van der Waals surface area contributed by atoms with Crippen LogP contribution in [0.2, 0.25) is 0 Å². The highest BCUT2D eigenvalue weighted by Gasteiger charge is 2.21. The van der Waals surface area contributed by atoms with Crippen molar-refractivity contribution < 1.29 is 4.74 Å². The number of hydrazone groups is 1. The molecule has 0 spiro atoms. The quantitative estimate of drug-likeness (QED) is 0.923. The molecular weight excluding hydrogens is 280 g/mol. The van der Waals surface area contributed by atoms with Crippen LogP contribution in [0.3, 0.4) is 0 Å². The molecule has 0 unspecified atom stereocenters. The zero-order valence-corrected chi connectivity index (χ0v) is 13.0. The summed E-state index contributed by atoms with van der Waals surface area (Å²) in [6.07, 6.45) is 0. The molecule has 21 heavy (non-hydrogen) atoms. The maximum absolute atomic E-state index is 5.47. The zero-order valence-electron chi connectivity index (χ0n) is 12.2. The highest BCUT2D eigenvalue weighted by Crippen LogP contribution is 2.34. The van der Waals surface area contributed by atoms with Gasteiger partial charge in [0.15, 0.2) is 0 Å². The van der Waals surface area contributed by atoms with Crippen molar-refractivity contribution in [2.24, 2.45) is 5.10 Å². The van der Waals surface area contributed by atoms with Crippen molar-refractivity contribution in [3.8, 4) is 5.75 Å². The third-order valence-corrected chi connectivity index (χ3v) is 4.47. The molecule has 0 aliphatic carbocycles. The van der Waals surface area contributed by atoms with E-state index >= 15 is 0 Å². The second-order valence-corrected chi connectivity index (χ2v) is 6.01. The Morgan fingerprint density at radius 3 is 2.48 bits per heavy atom. The van der Waals surface area contributed by atoms with Crippen LogP contribution in [0, 0.1) is 6.92 Å². The Morgan fingerprint density at radius 2 is 1.81 bits per heavy atom. The standard InChI is InChI=1S/C17H18N2OS/c1-3-20-15-10-8-14(9-11-15)17-19-18-16(21-17)13-6-4-12(2)5-7-13/h4-11,17,19H,3H2,1-2H3/t17-/m1/s1. The number of nitrogens with zero attached hydrogens (tertiary/aromatic N) is 1. The van der Waals surface area contributed by atoms with Crippen LogP contribution in [0.4, 0.5) is 0 Å². The molecule has 3 nitrogen and oxygen atoms in total. The van der Waals surface area contributed by atoms with Gasteiger partial charge in [-0.1, -0.05) is 53.7 Å². The number of thioether (sulfide) groups is 1. The lowest BCUT2D eigenvalue weighted by Crippen LogP contribution is -2.06. The molecule has 0 radical (unpaired) electrons. The summed E-state index contributed by atoms with van der Waals surface area (Å²) in [5, 5.41) is 5.65. The summed E-state index contributed by atoms with van der Waals surface area (Å²) >= 11 is 1.74. The average Bonchev–Trinajstić information content (AvgIpc) is 2.99. The number of rotatable bonds is 4. The average molecular weight is 298 g/mol. The molecule has 1 heterocycles. The van der Waals surface area contributed by atoms with Gasteiger partial charge < -0.3 is 4.74 Å². The molecule has 2 aromatic carbocycles. The van der Waals surface area contributed by atoms with E-state index in [0.717, 1.165) is 16.4 Å². The van der Waals surface area contributed by atoms with E-state index in [1.54, 1.807) is 11.8 Å². The van der Waals surface area contributed by atoms with Gasteiger partial charge in [0.2, 0.25) is 0 Å². The van der Waals surface area contributed by atoms with Crippen molar-refractivity contribution in [2.45, 2.75) is 19.2 Å². The minimum atomic E-state index is 0.164. The molecule has 0 amide bonds. The number of benzene rings is 2. The first-order valence-electron chi connectivity index (χ1n) is 7.06. The molecule has 1 aliphatic rings. The number of ether oxygens (including phenoxy) is 1. The Hall–Kier alpha value is -1.94. The molecule has 3 rings (SSSR count). The zero-order chi connectivity index (χ0) is 14.7. The molecule has 0 fully saturated rings. The molecule has 0 saturated carbocycles. The predicted molar refractivity (Wildman–Crippen MR) is 88.8 cm³/mol. The fourth-order valence-electron chi connectivity index (χ4n) is 2.16. The molecule has 1 N–H and O–H groups in total. The lowest BCUT2D eigenvalue weighted by Gasteiger charge is -2.10. The Bertz CT molecular complexity index is 635. The summed E-state index contributed by atoms with van der Waals surface area (Å²) in [5.41, 5.74) is 6.82. The van der Waals surface area contributed by atoms with Gasteiger partial charge in [0.25, 0.3) is 0 Å². The van der Waals surface area contributed by atoms with Gasteiger partial charge in [-0.05, 0) is 31.5 Å². The van der Waals surface area contributed by atoms with Crippen LogP contribution in [0.1, 0.15) is 29.0 Å². The monoisotopic (exact) mass is 298 g/mol. The van der Waals surface area contributed by atoms with Crippen molar-refractivity contribution in [3.05, 3.63) is 65.2 Å². The molecule has 0 saturated heterocycles. The molecule has 2 aromatic rings. The number of hydrogen-bond donors (Lipinski definition) is 1. The molecular formula is C17H18N2OS. The summed E-state index contributed by atoms with van der Waals surface area (Å²) in [6, 6.07) is 16.6. The van der Waals surface area contributed by atoms with E-state index in [0.29, 0.717) is 6.61 Å². The highest BCUT2D eigenvalue weighted by atomic mass is 32.2. The van der Waals surface area contributed by atoms with E-state index in [2.05, 4.69) is 53.8 Å². The smallest absolute Gasteiger partial charge is 0.126 e. The van der Waals surface area contributed by atoms with E-state index in [9.17, 15) is 0 Å². The van der Waals surface area contributed by atoms with Crippen molar-refractivity contribution in [1.82, 2.24) is 5.43 Å². The van der Waals surface area contributed by atoms with Gasteiger partial charge in [-0.2, -0.15) is 5.10 Å². The highest BCUT2D eigenvalue weighted by molar-refractivity contribution is 8.14. The fourth-order valence-corrected chi connectivity index (χ4v) is 3.16. The van der Waals surface area contributed by atoms with Crippen LogP contribution < -0.4 is 10.2 Å². The van der Waals surface area contributed by atoms with Crippen molar-refractivity contribution in [3.63, 3.8) is 0 Å². The summed E-state index contributed by atoms with van der Waals surface area (Å²) < 4.78 is 5.47. The van der Waals surface area contributed by atoms with Crippen LogP contribution in [0.5, 0.6) is 5.75 Å². The van der Waals surface area contributed by atoms with Crippen molar-refractivity contribution in [2.75, 3.05) is 6.61 Å². The van der Waals surface area contributed by atoms with Gasteiger partial charge >= 0.3 is 0 Å². The van der Waals surface area contributed by atoms with Gasteiger partial charge in [-0.15, -0.1) is 0 Å². The lowest BCUT2D eigenvalue weighted by molar-refractivity contribution is 0.340. The summed E-state index contributed by atoms with van der Waals surface area (Å²) in [4.78, 5) is 0. The first-order valence-corrected chi connectivity index (χ1v) is 7.94. The molecule has 0 bridgehead atoms. The van der Waals surface area contributed by atoms with Gasteiger partial charge in [0.05, 0.1) is 6.61 Å². The fraction of sp³-hybridized carbons (Fsp3) is 0.235. The number of hydrogen-bond acceptors (Lipinski definition) is 4. The van der Waals surface area contributed by atoms with E-state index in [1.807, 2.05) is 19.1 Å². The van der Waals surface area contributed by atoms with Gasteiger partial charge in [0, 0.05) is 5.56 Å². The Labute approximate surface area is 129 Å². The third-order valence-electron chi connectivity index (χ3n) is 3.31. The molecule has 1 aliphatic heterocycles. The largest absolute Gasteiger partial charge is 0.494 e. The maximum Gasteiger partial charge on any atom is 0.126 e. The predicted octanol–water partition coefficient (Wildman–Crippen LogP) is 4.09. The second-order valence-electron chi connectivity index (χ2n) is 4.91. The van der Waals surface area contributed by atoms with Gasteiger partial charge in [-0.3, -0.25) is 5.43 Å². The summed E-state index contributed by atoms with van der Waals surface area (Å²) in [5.74, 6) is 0.906. The minimum absolute atomic E-state index is 0.164. The van der Waals surface area contributed by atoms with Gasteiger partial charge in [-0.25, -0.2) is 0 Å². The van der Waals surface area contributed by atoms with Crippen LogP contribution in [0.25, 0.3) is 0 Å². The van der Waals surface area contributed by atoms with Crippen molar-refractivity contribution >= 4 is 16.8 Å².